The summed E-state index contributed by atoms with van der Waals surface area (Å²) in [5.74, 6) is 0. The molecule has 0 radical (unpaired) electrons. The fourth-order valence-electron chi connectivity index (χ4n) is 2.16. The minimum absolute atomic E-state index is 0.827. The van der Waals surface area contributed by atoms with E-state index in [9.17, 15) is 0 Å². The van der Waals surface area contributed by atoms with Crippen LogP contribution in [-0.2, 0) is 20.0 Å². The normalized spacial score (nSPS) is 18.4. The van der Waals surface area contributed by atoms with E-state index in [-0.39, 0.29) is 0 Å². The second-order valence-corrected chi connectivity index (χ2v) is 5.60. The van der Waals surface area contributed by atoms with E-state index in [1.165, 1.54) is 5.69 Å². The van der Waals surface area contributed by atoms with Gasteiger partial charge in [-0.25, -0.2) is 10.4 Å². The zero-order valence-electron chi connectivity index (χ0n) is 11.4. The van der Waals surface area contributed by atoms with Crippen molar-refractivity contribution in [1.29, 1.82) is 0 Å². The smallest absolute Gasteiger partial charge is 0.0767 e. The average molecular weight is 316 g/mol. The highest BCUT2D eigenvalue weighted by atomic mass is 79.9. The van der Waals surface area contributed by atoms with Gasteiger partial charge in [-0.3, -0.25) is 4.68 Å². The summed E-state index contributed by atoms with van der Waals surface area (Å²) in [6.07, 6.45) is 0.961. The van der Waals surface area contributed by atoms with Gasteiger partial charge in [0, 0.05) is 33.2 Å². The zero-order valence-corrected chi connectivity index (χ0v) is 13.0. The van der Waals surface area contributed by atoms with E-state index < -0.39 is 0 Å². The Hall–Kier alpha value is -0.430. The van der Waals surface area contributed by atoms with Crippen molar-refractivity contribution in [3.05, 3.63) is 15.9 Å². The van der Waals surface area contributed by atoms with Crippen molar-refractivity contribution in [2.75, 3.05) is 33.2 Å². The fraction of sp³-hybridized carbons (Fsp3) is 0.750. The number of likely N-dealkylation sites (N-methyl/N-ethyl adjacent to an activating group) is 1. The van der Waals surface area contributed by atoms with E-state index in [1.807, 2.05) is 11.7 Å². The van der Waals surface area contributed by atoms with Crippen LogP contribution in [0.5, 0.6) is 0 Å². The van der Waals surface area contributed by atoms with Crippen molar-refractivity contribution in [2.24, 2.45) is 7.05 Å². The summed E-state index contributed by atoms with van der Waals surface area (Å²) in [6, 6.07) is 0. The lowest BCUT2D eigenvalue weighted by atomic mass is 10.3. The molecule has 1 saturated heterocycles. The predicted molar refractivity (Wildman–Crippen MR) is 76.2 cm³/mol. The summed E-state index contributed by atoms with van der Waals surface area (Å²) in [4.78, 5) is 2.35. The minimum atomic E-state index is 0.827. The summed E-state index contributed by atoms with van der Waals surface area (Å²) in [5, 5.41) is 6.80. The Morgan fingerprint density at radius 1 is 1.22 bits per heavy atom. The zero-order chi connectivity index (χ0) is 13.1. The van der Waals surface area contributed by atoms with Crippen LogP contribution < -0.4 is 5.43 Å². The highest BCUT2D eigenvalue weighted by Crippen LogP contribution is 2.21. The lowest BCUT2D eigenvalue weighted by Crippen LogP contribution is -2.50. The molecule has 0 unspecified atom stereocenters. The molecule has 0 saturated carbocycles. The van der Waals surface area contributed by atoms with Crippen LogP contribution in [0.2, 0.25) is 0 Å². The Kier molecular flexibility index (Phi) is 4.77. The summed E-state index contributed by atoms with van der Waals surface area (Å²) < 4.78 is 3.11. The van der Waals surface area contributed by atoms with Gasteiger partial charge in [-0.15, -0.1) is 0 Å². The SMILES string of the molecule is CCc1nn(C)c(CNN2CCN(C)CC2)c1Br. The number of halogens is 1. The summed E-state index contributed by atoms with van der Waals surface area (Å²) in [6.45, 7) is 7.36. The van der Waals surface area contributed by atoms with E-state index in [0.717, 1.165) is 49.3 Å². The molecule has 1 N–H and O–H groups in total. The van der Waals surface area contributed by atoms with Crippen molar-refractivity contribution in [1.82, 2.24) is 25.1 Å². The van der Waals surface area contributed by atoms with Crippen LogP contribution in [0.15, 0.2) is 4.47 Å². The largest absolute Gasteiger partial charge is 0.304 e. The minimum Gasteiger partial charge on any atom is -0.304 e. The highest BCUT2D eigenvalue weighted by molar-refractivity contribution is 9.10. The van der Waals surface area contributed by atoms with Crippen LogP contribution in [0.1, 0.15) is 18.3 Å². The van der Waals surface area contributed by atoms with Crippen molar-refractivity contribution in [2.45, 2.75) is 19.9 Å². The highest BCUT2D eigenvalue weighted by Gasteiger charge is 2.16. The lowest BCUT2D eigenvalue weighted by molar-refractivity contribution is 0.101. The molecule has 1 aromatic rings. The molecule has 1 aliphatic rings. The topological polar surface area (TPSA) is 36.3 Å². The van der Waals surface area contributed by atoms with Gasteiger partial charge in [0.2, 0.25) is 0 Å². The Bertz CT molecular complexity index is 395. The van der Waals surface area contributed by atoms with Gasteiger partial charge < -0.3 is 4.90 Å². The van der Waals surface area contributed by atoms with Crippen LogP contribution >= 0.6 is 15.9 Å². The van der Waals surface area contributed by atoms with Crippen molar-refractivity contribution in [3.63, 3.8) is 0 Å². The van der Waals surface area contributed by atoms with Gasteiger partial charge in [0.15, 0.2) is 0 Å². The van der Waals surface area contributed by atoms with Crippen LogP contribution in [0.4, 0.5) is 0 Å². The quantitative estimate of drug-likeness (QED) is 0.899. The molecule has 0 amide bonds. The molecule has 1 aliphatic heterocycles. The summed E-state index contributed by atoms with van der Waals surface area (Å²) >= 11 is 3.65. The number of hydrogen-bond donors (Lipinski definition) is 1. The van der Waals surface area contributed by atoms with Crippen molar-refractivity contribution in [3.8, 4) is 0 Å². The van der Waals surface area contributed by atoms with Gasteiger partial charge in [-0.1, -0.05) is 6.92 Å². The molecule has 5 nitrogen and oxygen atoms in total. The Morgan fingerprint density at radius 3 is 2.44 bits per heavy atom. The third-order valence-electron chi connectivity index (χ3n) is 3.48. The maximum atomic E-state index is 4.51. The molecule has 18 heavy (non-hydrogen) atoms. The van der Waals surface area contributed by atoms with E-state index in [4.69, 9.17) is 0 Å². The average Bonchev–Trinajstić information content (AvgIpc) is 2.64. The lowest BCUT2D eigenvalue weighted by Gasteiger charge is -2.32. The van der Waals surface area contributed by atoms with Gasteiger partial charge in [0.05, 0.1) is 22.4 Å². The Morgan fingerprint density at radius 2 is 1.89 bits per heavy atom. The number of aryl methyl sites for hydroxylation is 2. The van der Waals surface area contributed by atoms with E-state index >= 15 is 0 Å². The Balaban J connectivity index is 1.92. The third kappa shape index (κ3) is 3.12. The molecular formula is C12H22BrN5. The Labute approximate surface area is 117 Å². The number of nitrogens with one attached hydrogen (secondary N) is 1. The van der Waals surface area contributed by atoms with Gasteiger partial charge in [0.25, 0.3) is 0 Å². The molecule has 0 aromatic carbocycles. The fourth-order valence-corrected chi connectivity index (χ4v) is 2.92. The molecule has 0 aliphatic carbocycles. The van der Waals surface area contributed by atoms with Crippen LogP contribution in [-0.4, -0.2) is 52.9 Å². The molecule has 1 aromatic heterocycles. The number of rotatable bonds is 4. The number of piperazine rings is 1. The number of nitrogens with zero attached hydrogens (tertiary/aromatic N) is 4. The molecule has 0 spiro atoms. The van der Waals surface area contributed by atoms with Crippen molar-refractivity contribution < 1.29 is 0 Å². The molecule has 2 rings (SSSR count). The van der Waals surface area contributed by atoms with Crippen LogP contribution in [0.3, 0.4) is 0 Å². The van der Waals surface area contributed by atoms with Crippen LogP contribution in [0.25, 0.3) is 0 Å². The third-order valence-corrected chi connectivity index (χ3v) is 4.39. The van der Waals surface area contributed by atoms with Gasteiger partial charge in [-0.2, -0.15) is 5.10 Å². The maximum absolute atomic E-state index is 4.51. The molecule has 0 atom stereocenters. The first-order valence-corrected chi connectivity index (χ1v) is 7.28. The first kappa shape index (κ1) is 14.0. The standard InChI is InChI=1S/C12H22BrN5/c1-4-10-12(13)11(17(3)15-10)9-14-18-7-5-16(2)6-8-18/h14H,4-9H2,1-3H3. The van der Waals surface area contributed by atoms with Crippen molar-refractivity contribution >= 4 is 15.9 Å². The van der Waals surface area contributed by atoms with Gasteiger partial charge >= 0.3 is 0 Å². The van der Waals surface area contributed by atoms with E-state index in [1.54, 1.807) is 0 Å². The molecular weight excluding hydrogens is 294 g/mol. The molecule has 102 valence electrons. The summed E-state index contributed by atoms with van der Waals surface area (Å²) in [7, 11) is 4.17. The number of hydrazine groups is 1. The van der Waals surface area contributed by atoms with Gasteiger partial charge in [-0.05, 0) is 29.4 Å². The van der Waals surface area contributed by atoms with E-state index in [2.05, 4.69) is 50.3 Å². The molecule has 1 fully saturated rings. The number of aromatic nitrogens is 2. The second-order valence-electron chi connectivity index (χ2n) is 4.81. The first-order valence-electron chi connectivity index (χ1n) is 6.49. The van der Waals surface area contributed by atoms with E-state index in [0.29, 0.717) is 0 Å². The second kappa shape index (κ2) is 6.14. The van der Waals surface area contributed by atoms with Crippen LogP contribution in [0, 0.1) is 0 Å². The van der Waals surface area contributed by atoms with Gasteiger partial charge in [0.1, 0.15) is 0 Å². The maximum Gasteiger partial charge on any atom is 0.0767 e. The predicted octanol–water partition coefficient (Wildman–Crippen LogP) is 0.997. The molecule has 6 heteroatoms. The monoisotopic (exact) mass is 315 g/mol. The summed E-state index contributed by atoms with van der Waals surface area (Å²) in [5.41, 5.74) is 5.84. The first-order chi connectivity index (χ1) is 8.61. The number of hydrogen-bond acceptors (Lipinski definition) is 4. The molecule has 0 bridgehead atoms. The molecule has 2 heterocycles.